The number of hydrogen-bond donors (Lipinski definition) is 0. The molecule has 2 heterocycles. The van der Waals surface area contributed by atoms with Crippen LogP contribution in [0.3, 0.4) is 0 Å². The van der Waals surface area contributed by atoms with Crippen molar-refractivity contribution < 1.29 is 21.1 Å². The summed E-state index contributed by atoms with van der Waals surface area (Å²) in [5.41, 5.74) is 11.9. The fourth-order valence-corrected chi connectivity index (χ4v) is 6.66. The fourth-order valence-electron chi connectivity index (χ4n) is 6.66. The molecule has 2 aromatic heterocycles. The number of rotatable bonds is 9. The molecule has 0 aliphatic heterocycles. The van der Waals surface area contributed by atoms with Crippen LogP contribution in [0.15, 0.2) is 128 Å². The molecule has 252 valence electrons. The first-order chi connectivity index (χ1) is 23.8. The van der Waals surface area contributed by atoms with Crippen LogP contribution in [-0.2, 0) is 21.1 Å². The summed E-state index contributed by atoms with van der Waals surface area (Å²) in [4.78, 5) is 12.4. The van der Waals surface area contributed by atoms with Crippen molar-refractivity contribution in [3.8, 4) is 34.0 Å². The van der Waals surface area contributed by atoms with Crippen LogP contribution in [0.5, 0.6) is 0 Å². The first kappa shape index (κ1) is 34.9. The molecule has 0 spiro atoms. The largest absolute Gasteiger partial charge is 2.00 e. The van der Waals surface area contributed by atoms with Gasteiger partial charge in [-0.25, -0.2) is 0 Å². The maximum Gasteiger partial charge on any atom is 2.00 e. The third-order valence-corrected chi connectivity index (χ3v) is 9.05. The van der Waals surface area contributed by atoms with Gasteiger partial charge in [-0.15, -0.1) is 65.7 Å². The fraction of sp³-hybridized carbons (Fsp3) is 0.182. The first-order valence-electron chi connectivity index (χ1n) is 17.0. The second-order valence-electron chi connectivity index (χ2n) is 13.2. The number of aromatic nitrogens is 4. The molecule has 7 rings (SSSR count). The zero-order valence-electron chi connectivity index (χ0n) is 29.3. The molecule has 0 aliphatic rings. The van der Waals surface area contributed by atoms with Crippen LogP contribution in [0.25, 0.3) is 34.0 Å². The zero-order chi connectivity index (χ0) is 34.1. The third-order valence-electron chi connectivity index (χ3n) is 9.05. The van der Waals surface area contributed by atoms with Crippen molar-refractivity contribution in [1.29, 1.82) is 0 Å². The molecular weight excluding hydrogens is 794 g/mol. The Morgan fingerprint density at radius 3 is 1.96 bits per heavy atom. The van der Waals surface area contributed by atoms with Gasteiger partial charge in [-0.2, -0.15) is 0 Å². The van der Waals surface area contributed by atoms with Gasteiger partial charge in [0.1, 0.15) is 5.82 Å². The molecule has 0 aliphatic carbocycles. The predicted molar refractivity (Wildman–Crippen MR) is 202 cm³/mol. The SMILES string of the molecule is Cc1cccc(C)c1-n1cc(N(c2[c-]c(-c3cn(-c4c(C(C)C)cccc4C(C)C)cn3)ccc2)c2ccccc2)nc1-c1[c-]cccc1.[Pt+2]. The molecule has 0 N–H and O–H groups in total. The quantitative estimate of drug-likeness (QED) is 0.136. The Balaban J connectivity index is 0.00000432. The summed E-state index contributed by atoms with van der Waals surface area (Å²) < 4.78 is 4.39. The summed E-state index contributed by atoms with van der Waals surface area (Å²) in [7, 11) is 0. The Labute approximate surface area is 310 Å². The van der Waals surface area contributed by atoms with Gasteiger partial charge in [0.25, 0.3) is 0 Å². The molecule has 0 saturated carbocycles. The summed E-state index contributed by atoms with van der Waals surface area (Å²) in [6.45, 7) is 13.3. The second kappa shape index (κ2) is 14.9. The van der Waals surface area contributed by atoms with E-state index in [0.29, 0.717) is 11.8 Å². The maximum absolute atomic E-state index is 5.31. The van der Waals surface area contributed by atoms with E-state index in [4.69, 9.17) is 9.97 Å². The Bertz CT molecular complexity index is 2170. The topological polar surface area (TPSA) is 38.9 Å². The molecule has 0 atom stereocenters. The summed E-state index contributed by atoms with van der Waals surface area (Å²) in [5, 5.41) is 0. The van der Waals surface area contributed by atoms with Crippen molar-refractivity contribution in [2.24, 2.45) is 0 Å². The molecule has 0 radical (unpaired) electrons. The average Bonchev–Trinajstić information content (AvgIpc) is 3.78. The standard InChI is InChI=1S/C44H41N5.Pt/c1-30(2)38-24-15-25-39(31(3)4)43(38)47-27-40(45-29-47)35-20-14-23-37(26-35)49(36-21-11-8-12-22-36)41-28-48(42-32(5)16-13-17-33(42)6)44(46-41)34-18-9-7-10-19-34;/h7-18,20-25,27-31H,1-6H3;/q-2;+2. The van der Waals surface area contributed by atoms with Crippen molar-refractivity contribution in [1.82, 2.24) is 19.1 Å². The van der Waals surface area contributed by atoms with Crippen LogP contribution >= 0.6 is 0 Å². The Kier molecular flexibility index (Phi) is 10.4. The van der Waals surface area contributed by atoms with Gasteiger partial charge in [0.2, 0.25) is 0 Å². The van der Waals surface area contributed by atoms with Crippen molar-refractivity contribution >= 4 is 17.2 Å². The molecule has 5 nitrogen and oxygen atoms in total. The number of aryl methyl sites for hydroxylation is 2. The van der Waals surface area contributed by atoms with Crippen LogP contribution in [0.4, 0.5) is 17.2 Å². The summed E-state index contributed by atoms with van der Waals surface area (Å²) in [6.07, 6.45) is 6.20. The van der Waals surface area contributed by atoms with Crippen molar-refractivity contribution in [2.45, 2.75) is 53.4 Å². The van der Waals surface area contributed by atoms with E-state index in [1.165, 1.54) is 27.9 Å². The number of anilines is 3. The Hall–Kier alpha value is -4.99. The van der Waals surface area contributed by atoms with Gasteiger partial charge in [-0.1, -0.05) is 82.3 Å². The third kappa shape index (κ3) is 6.75. The van der Waals surface area contributed by atoms with Gasteiger partial charge in [0.15, 0.2) is 0 Å². The predicted octanol–water partition coefficient (Wildman–Crippen LogP) is 11.3. The van der Waals surface area contributed by atoms with Crippen LogP contribution in [0.1, 0.15) is 61.8 Å². The second-order valence-corrected chi connectivity index (χ2v) is 13.2. The van der Waals surface area contributed by atoms with E-state index in [1.54, 1.807) is 0 Å². The number of imidazole rings is 2. The van der Waals surface area contributed by atoms with E-state index >= 15 is 0 Å². The Morgan fingerprint density at radius 2 is 1.30 bits per heavy atom. The number of nitrogens with zero attached hydrogens (tertiary/aromatic N) is 5. The zero-order valence-corrected chi connectivity index (χ0v) is 31.6. The Morgan fingerprint density at radius 1 is 0.660 bits per heavy atom. The smallest absolute Gasteiger partial charge is 0.337 e. The van der Waals surface area contributed by atoms with Crippen LogP contribution in [-0.4, -0.2) is 19.1 Å². The minimum Gasteiger partial charge on any atom is -0.337 e. The summed E-state index contributed by atoms with van der Waals surface area (Å²) >= 11 is 0. The van der Waals surface area contributed by atoms with Crippen molar-refractivity contribution in [2.75, 3.05) is 4.90 Å². The number of benzene rings is 5. The van der Waals surface area contributed by atoms with E-state index in [9.17, 15) is 0 Å². The molecule has 7 aromatic rings. The van der Waals surface area contributed by atoms with Crippen LogP contribution in [0, 0.1) is 26.0 Å². The van der Waals surface area contributed by atoms with E-state index in [2.05, 4.69) is 165 Å². The molecule has 0 amide bonds. The maximum atomic E-state index is 5.31. The summed E-state index contributed by atoms with van der Waals surface area (Å²) in [6, 6.07) is 44.8. The average molecular weight is 835 g/mol. The van der Waals surface area contributed by atoms with Gasteiger partial charge in [0, 0.05) is 23.3 Å². The van der Waals surface area contributed by atoms with Gasteiger partial charge in [-0.3, -0.25) is 9.97 Å². The van der Waals surface area contributed by atoms with Crippen molar-refractivity contribution in [3.05, 3.63) is 162 Å². The van der Waals surface area contributed by atoms with E-state index < -0.39 is 0 Å². The monoisotopic (exact) mass is 834 g/mol. The van der Waals surface area contributed by atoms with Crippen molar-refractivity contribution in [3.63, 3.8) is 0 Å². The number of hydrogen-bond acceptors (Lipinski definition) is 3. The van der Waals surface area contributed by atoms with E-state index in [1.807, 2.05) is 30.6 Å². The summed E-state index contributed by atoms with van der Waals surface area (Å²) in [5.74, 6) is 2.38. The molecule has 0 unspecified atom stereocenters. The van der Waals surface area contributed by atoms with E-state index in [-0.39, 0.29) is 21.1 Å². The van der Waals surface area contributed by atoms with Gasteiger partial charge >= 0.3 is 21.1 Å². The van der Waals surface area contributed by atoms with Crippen LogP contribution in [0.2, 0.25) is 0 Å². The minimum absolute atomic E-state index is 0. The number of para-hydroxylation sites is 3. The first-order valence-corrected chi connectivity index (χ1v) is 17.0. The van der Waals surface area contributed by atoms with Gasteiger partial charge in [0.05, 0.1) is 17.8 Å². The normalized spacial score (nSPS) is 11.2. The molecular formula is C44H41N5Pt. The molecule has 0 bridgehead atoms. The van der Waals surface area contributed by atoms with Crippen LogP contribution < -0.4 is 4.90 Å². The minimum atomic E-state index is 0. The molecule has 50 heavy (non-hydrogen) atoms. The molecule has 0 fully saturated rings. The van der Waals surface area contributed by atoms with Gasteiger partial charge in [-0.05, 0) is 72.0 Å². The molecule has 5 aromatic carbocycles. The molecule has 0 saturated heterocycles. The van der Waals surface area contributed by atoms with E-state index in [0.717, 1.165) is 45.5 Å². The molecule has 6 heteroatoms. The van der Waals surface area contributed by atoms with Gasteiger partial charge < -0.3 is 14.0 Å².